The third kappa shape index (κ3) is 4.21. The summed E-state index contributed by atoms with van der Waals surface area (Å²) in [6, 6.07) is 3.77. The number of carbonyl (C=O) groups is 3. The first-order valence-corrected chi connectivity index (χ1v) is 7.39. The van der Waals surface area contributed by atoms with Crippen LogP contribution in [0.3, 0.4) is 0 Å². The van der Waals surface area contributed by atoms with Gasteiger partial charge in [-0.3, -0.25) is 9.59 Å². The average molecular weight is 321 g/mol. The maximum atomic E-state index is 12.2. The predicted octanol–water partition coefficient (Wildman–Crippen LogP) is 2.45. The molecule has 1 saturated carbocycles. The summed E-state index contributed by atoms with van der Waals surface area (Å²) in [4.78, 5) is 34.2. The molecule has 0 unspecified atom stereocenters. The highest BCUT2D eigenvalue weighted by atomic mass is 16.4. The van der Waals surface area contributed by atoms with E-state index in [0.717, 1.165) is 12.8 Å². The molecule has 0 aromatic heterocycles. The zero-order chi connectivity index (χ0) is 17.0. The van der Waals surface area contributed by atoms with Gasteiger partial charge < -0.3 is 20.6 Å². The molecule has 1 aliphatic carbocycles. The molecule has 0 spiro atoms. The van der Waals surface area contributed by atoms with Crippen molar-refractivity contribution in [3.05, 3.63) is 23.8 Å². The lowest BCUT2D eigenvalue weighted by molar-refractivity contribution is -0.140. The molecule has 1 aromatic rings. The molecule has 23 heavy (non-hydrogen) atoms. The highest BCUT2D eigenvalue weighted by Crippen LogP contribution is 2.44. The largest absolute Gasteiger partial charge is 0.507 e. The van der Waals surface area contributed by atoms with Crippen molar-refractivity contribution in [3.63, 3.8) is 0 Å². The van der Waals surface area contributed by atoms with Gasteiger partial charge in [0.1, 0.15) is 11.3 Å². The van der Waals surface area contributed by atoms with E-state index in [1.165, 1.54) is 18.2 Å². The second-order valence-electron chi connectivity index (χ2n) is 6.04. The lowest BCUT2D eigenvalue weighted by Crippen LogP contribution is -2.27. The summed E-state index contributed by atoms with van der Waals surface area (Å²) in [5.74, 6) is -2.95. The van der Waals surface area contributed by atoms with Gasteiger partial charge in [-0.1, -0.05) is 12.8 Å². The molecular weight excluding hydrogens is 302 g/mol. The number of hydrogen-bond acceptors (Lipinski definition) is 4. The molecule has 4 N–H and O–H groups in total. The van der Waals surface area contributed by atoms with Gasteiger partial charge >= 0.3 is 11.9 Å². The quantitative estimate of drug-likeness (QED) is 0.597. The van der Waals surface area contributed by atoms with Gasteiger partial charge in [-0.05, 0) is 36.5 Å². The second kappa shape index (κ2) is 6.68. The van der Waals surface area contributed by atoms with E-state index >= 15 is 0 Å². The first-order chi connectivity index (χ1) is 10.8. The van der Waals surface area contributed by atoms with Crippen molar-refractivity contribution in [2.75, 3.05) is 5.32 Å². The summed E-state index contributed by atoms with van der Waals surface area (Å²) >= 11 is 0. The topological polar surface area (TPSA) is 124 Å². The van der Waals surface area contributed by atoms with Crippen LogP contribution >= 0.6 is 0 Å². The molecule has 0 bridgehead atoms. The normalized spacial score (nSPS) is 16.0. The Kier molecular flexibility index (Phi) is 4.88. The van der Waals surface area contributed by atoms with E-state index in [9.17, 15) is 19.5 Å². The van der Waals surface area contributed by atoms with Crippen molar-refractivity contribution >= 4 is 23.5 Å². The van der Waals surface area contributed by atoms with Crippen LogP contribution in [-0.2, 0) is 9.59 Å². The maximum Gasteiger partial charge on any atom is 0.339 e. The fourth-order valence-corrected chi connectivity index (χ4v) is 3.19. The van der Waals surface area contributed by atoms with Crippen LogP contribution in [0, 0.1) is 5.41 Å². The van der Waals surface area contributed by atoms with Crippen LogP contribution in [-0.4, -0.2) is 33.2 Å². The minimum atomic E-state index is -1.29. The molecule has 0 saturated heterocycles. The molecule has 0 aliphatic heterocycles. The molecule has 1 aliphatic rings. The lowest BCUT2D eigenvalue weighted by Gasteiger charge is -2.26. The molecule has 1 fully saturated rings. The number of rotatable bonds is 6. The Morgan fingerprint density at radius 1 is 1.09 bits per heavy atom. The average Bonchev–Trinajstić information content (AvgIpc) is 2.87. The zero-order valence-electron chi connectivity index (χ0n) is 12.5. The molecule has 1 aromatic carbocycles. The Bertz CT molecular complexity index is 633. The number of benzene rings is 1. The number of nitrogens with one attached hydrogen (secondary N) is 1. The van der Waals surface area contributed by atoms with Crippen LogP contribution in [0.2, 0.25) is 0 Å². The smallest absolute Gasteiger partial charge is 0.339 e. The Labute approximate surface area is 132 Å². The van der Waals surface area contributed by atoms with Crippen LogP contribution in [0.25, 0.3) is 0 Å². The van der Waals surface area contributed by atoms with E-state index in [1.54, 1.807) is 0 Å². The fourth-order valence-electron chi connectivity index (χ4n) is 3.19. The van der Waals surface area contributed by atoms with Gasteiger partial charge in [-0.15, -0.1) is 0 Å². The molecule has 124 valence electrons. The number of carboxylic acids is 2. The summed E-state index contributed by atoms with van der Waals surface area (Å²) in [6.45, 7) is 0. The Morgan fingerprint density at radius 3 is 2.30 bits per heavy atom. The summed E-state index contributed by atoms with van der Waals surface area (Å²) < 4.78 is 0. The minimum absolute atomic E-state index is 0.0453. The van der Waals surface area contributed by atoms with Crippen LogP contribution in [0.5, 0.6) is 5.75 Å². The summed E-state index contributed by atoms with van der Waals surface area (Å²) in [5, 5.41) is 30.0. The summed E-state index contributed by atoms with van der Waals surface area (Å²) in [5.41, 5.74) is -0.569. The first kappa shape index (κ1) is 16.8. The molecule has 2 rings (SSSR count). The van der Waals surface area contributed by atoms with Crippen molar-refractivity contribution in [1.82, 2.24) is 0 Å². The fraction of sp³-hybridized carbons (Fsp3) is 0.438. The van der Waals surface area contributed by atoms with E-state index in [4.69, 9.17) is 10.2 Å². The van der Waals surface area contributed by atoms with Gasteiger partial charge in [-0.25, -0.2) is 4.79 Å². The molecule has 7 heteroatoms. The van der Waals surface area contributed by atoms with Gasteiger partial charge in [-0.2, -0.15) is 0 Å². The number of aliphatic carboxylic acids is 1. The first-order valence-electron chi connectivity index (χ1n) is 7.39. The monoisotopic (exact) mass is 321 g/mol. The lowest BCUT2D eigenvalue weighted by atomic mass is 9.79. The van der Waals surface area contributed by atoms with Gasteiger partial charge in [0.15, 0.2) is 0 Å². The van der Waals surface area contributed by atoms with Crippen molar-refractivity contribution in [1.29, 1.82) is 0 Å². The highest BCUT2D eigenvalue weighted by molar-refractivity contribution is 5.95. The Hall–Kier alpha value is -2.57. The van der Waals surface area contributed by atoms with Crippen LogP contribution in [0.1, 0.15) is 48.9 Å². The molecule has 7 nitrogen and oxygen atoms in total. The van der Waals surface area contributed by atoms with Crippen LogP contribution < -0.4 is 5.32 Å². The number of aromatic hydroxyl groups is 1. The predicted molar refractivity (Wildman–Crippen MR) is 81.5 cm³/mol. The van der Waals surface area contributed by atoms with Crippen molar-refractivity contribution in [3.8, 4) is 5.75 Å². The molecule has 1 amide bonds. The minimum Gasteiger partial charge on any atom is -0.507 e. The van der Waals surface area contributed by atoms with Gasteiger partial charge in [0.2, 0.25) is 5.91 Å². The Balaban J connectivity index is 2.08. The van der Waals surface area contributed by atoms with E-state index < -0.39 is 17.4 Å². The number of amides is 1. The van der Waals surface area contributed by atoms with Crippen molar-refractivity contribution in [2.45, 2.75) is 38.5 Å². The summed E-state index contributed by atoms with van der Waals surface area (Å²) in [7, 11) is 0. The number of hydrogen-bond donors (Lipinski definition) is 4. The number of anilines is 1. The maximum absolute atomic E-state index is 12.2. The number of aromatic carboxylic acids is 1. The zero-order valence-corrected chi connectivity index (χ0v) is 12.5. The highest BCUT2D eigenvalue weighted by Gasteiger charge is 2.38. The number of carbonyl (C=O) groups excluding carboxylic acids is 1. The number of phenols is 1. The van der Waals surface area contributed by atoms with E-state index in [2.05, 4.69) is 5.32 Å². The third-order valence-electron chi connectivity index (χ3n) is 4.24. The molecular formula is C16H19NO6. The molecule has 0 radical (unpaired) electrons. The van der Waals surface area contributed by atoms with Gasteiger partial charge in [0.05, 0.1) is 6.42 Å². The van der Waals surface area contributed by atoms with E-state index in [1.807, 2.05) is 0 Å². The molecule has 0 heterocycles. The Morgan fingerprint density at radius 2 is 1.74 bits per heavy atom. The van der Waals surface area contributed by atoms with E-state index in [0.29, 0.717) is 12.8 Å². The van der Waals surface area contributed by atoms with E-state index in [-0.39, 0.29) is 35.7 Å². The van der Waals surface area contributed by atoms with Crippen LogP contribution in [0.4, 0.5) is 5.69 Å². The van der Waals surface area contributed by atoms with Crippen LogP contribution in [0.15, 0.2) is 18.2 Å². The third-order valence-corrected chi connectivity index (χ3v) is 4.24. The summed E-state index contributed by atoms with van der Waals surface area (Å²) in [6.07, 6.45) is 3.25. The second-order valence-corrected chi connectivity index (χ2v) is 6.04. The van der Waals surface area contributed by atoms with Gasteiger partial charge in [0.25, 0.3) is 0 Å². The van der Waals surface area contributed by atoms with Gasteiger partial charge in [0, 0.05) is 12.1 Å². The SMILES string of the molecule is O=C(O)CC1(CC(=O)Nc2ccc(O)c(C(=O)O)c2)CCCC1. The standard InChI is InChI=1S/C16H19NO6/c18-12-4-3-10(7-11(12)15(22)23)17-13(19)8-16(9-14(20)21)5-1-2-6-16/h3-4,7,18H,1-2,5-6,8-9H2,(H,17,19)(H,20,21)(H,22,23). The van der Waals surface area contributed by atoms with Crippen molar-refractivity contribution in [2.24, 2.45) is 5.41 Å². The molecule has 0 atom stereocenters. The number of carboxylic acid groups (broad SMARTS) is 2. The van der Waals surface area contributed by atoms with Crippen molar-refractivity contribution < 1.29 is 29.7 Å².